The van der Waals surface area contributed by atoms with E-state index in [1.807, 2.05) is 31.3 Å². The molecule has 19 heavy (non-hydrogen) atoms. The van der Waals surface area contributed by atoms with Gasteiger partial charge in [0.1, 0.15) is 5.82 Å². The third-order valence-electron chi connectivity index (χ3n) is 3.34. The molecule has 2 nitrogen and oxygen atoms in total. The number of hydrogen-bond acceptors (Lipinski definition) is 1. The summed E-state index contributed by atoms with van der Waals surface area (Å²) in [5, 5.41) is 4.49. The Morgan fingerprint density at radius 1 is 1.16 bits per heavy atom. The van der Waals surface area contributed by atoms with Gasteiger partial charge in [-0.15, -0.1) is 0 Å². The van der Waals surface area contributed by atoms with Crippen LogP contribution in [0.1, 0.15) is 11.1 Å². The van der Waals surface area contributed by atoms with Crippen LogP contribution in [0.25, 0.3) is 10.9 Å². The molecular weight excluding hydrogens is 239 g/mol. The first-order valence-corrected chi connectivity index (χ1v) is 6.29. The zero-order valence-electron chi connectivity index (χ0n) is 10.7. The zero-order chi connectivity index (χ0) is 13.2. The van der Waals surface area contributed by atoms with Gasteiger partial charge in [-0.3, -0.25) is 0 Å². The Morgan fingerprint density at radius 3 is 2.89 bits per heavy atom. The van der Waals surface area contributed by atoms with Crippen molar-refractivity contribution < 1.29 is 4.39 Å². The molecule has 0 bridgehead atoms. The fourth-order valence-electron chi connectivity index (χ4n) is 2.25. The summed E-state index contributed by atoms with van der Waals surface area (Å²) in [4.78, 5) is 3.24. The van der Waals surface area contributed by atoms with Crippen molar-refractivity contribution in [3.8, 4) is 0 Å². The largest absolute Gasteiger partial charge is 0.381 e. The van der Waals surface area contributed by atoms with Gasteiger partial charge in [-0.05, 0) is 36.2 Å². The lowest BCUT2D eigenvalue weighted by Gasteiger charge is -2.09. The molecule has 0 saturated heterocycles. The number of H-pyrrole nitrogens is 1. The number of benzene rings is 2. The van der Waals surface area contributed by atoms with Gasteiger partial charge in [0.05, 0.1) is 0 Å². The summed E-state index contributed by atoms with van der Waals surface area (Å²) in [5.74, 6) is -0.216. The molecule has 0 aliphatic rings. The van der Waals surface area contributed by atoms with Crippen molar-refractivity contribution in [1.82, 2.24) is 4.98 Å². The number of fused-ring (bicyclic) bond motifs is 1. The van der Waals surface area contributed by atoms with Gasteiger partial charge in [0.25, 0.3) is 0 Å². The van der Waals surface area contributed by atoms with Gasteiger partial charge >= 0.3 is 0 Å². The number of anilines is 1. The average Bonchev–Trinajstić information content (AvgIpc) is 2.83. The Kier molecular flexibility index (Phi) is 2.95. The predicted molar refractivity (Wildman–Crippen MR) is 76.8 cm³/mol. The highest BCUT2D eigenvalue weighted by Gasteiger charge is 2.04. The summed E-state index contributed by atoms with van der Waals surface area (Å²) in [5.41, 5.74) is 4.18. The highest BCUT2D eigenvalue weighted by atomic mass is 19.1. The topological polar surface area (TPSA) is 27.8 Å². The Bertz CT molecular complexity index is 716. The zero-order valence-corrected chi connectivity index (χ0v) is 10.7. The van der Waals surface area contributed by atoms with E-state index in [9.17, 15) is 4.39 Å². The van der Waals surface area contributed by atoms with Crippen LogP contribution in [0.15, 0.2) is 48.7 Å². The standard InChI is InChI=1S/C16H15FN2/c1-11-6-7-13(17)8-16(11)19-10-12-9-18-15-5-3-2-4-14(12)15/h2-9,18-19H,10H2,1H3. The number of rotatable bonds is 3. The van der Waals surface area contributed by atoms with Gasteiger partial charge in [0, 0.05) is 29.3 Å². The molecule has 0 spiro atoms. The number of para-hydroxylation sites is 1. The summed E-state index contributed by atoms with van der Waals surface area (Å²) < 4.78 is 13.2. The number of hydrogen-bond donors (Lipinski definition) is 2. The Labute approximate surface area is 111 Å². The molecule has 3 heteroatoms. The molecule has 0 aliphatic carbocycles. The molecule has 0 fully saturated rings. The molecule has 2 N–H and O–H groups in total. The molecule has 96 valence electrons. The lowest BCUT2D eigenvalue weighted by Crippen LogP contribution is -2.00. The van der Waals surface area contributed by atoms with Crippen molar-refractivity contribution in [3.05, 3.63) is 65.6 Å². The average molecular weight is 254 g/mol. The summed E-state index contributed by atoms with van der Waals surface area (Å²) in [6.07, 6.45) is 1.99. The van der Waals surface area contributed by atoms with E-state index < -0.39 is 0 Å². The second-order valence-corrected chi connectivity index (χ2v) is 4.67. The smallest absolute Gasteiger partial charge is 0.125 e. The van der Waals surface area contributed by atoms with Crippen molar-refractivity contribution in [2.24, 2.45) is 0 Å². The van der Waals surface area contributed by atoms with Crippen LogP contribution in [0.5, 0.6) is 0 Å². The van der Waals surface area contributed by atoms with Gasteiger partial charge in [-0.2, -0.15) is 0 Å². The van der Waals surface area contributed by atoms with Crippen molar-refractivity contribution in [2.75, 3.05) is 5.32 Å². The minimum atomic E-state index is -0.216. The van der Waals surface area contributed by atoms with E-state index in [-0.39, 0.29) is 5.82 Å². The molecule has 2 aromatic carbocycles. The van der Waals surface area contributed by atoms with E-state index in [4.69, 9.17) is 0 Å². The second-order valence-electron chi connectivity index (χ2n) is 4.67. The Hall–Kier alpha value is -2.29. The van der Waals surface area contributed by atoms with E-state index in [0.29, 0.717) is 6.54 Å². The van der Waals surface area contributed by atoms with Gasteiger partial charge in [-0.1, -0.05) is 24.3 Å². The molecule has 0 atom stereocenters. The van der Waals surface area contributed by atoms with Crippen LogP contribution in [-0.2, 0) is 6.54 Å². The third-order valence-corrected chi connectivity index (χ3v) is 3.34. The molecule has 0 radical (unpaired) electrons. The van der Waals surface area contributed by atoms with Crippen molar-refractivity contribution in [1.29, 1.82) is 0 Å². The number of aryl methyl sites for hydroxylation is 1. The SMILES string of the molecule is Cc1ccc(F)cc1NCc1c[nH]c2ccccc12. The van der Waals surface area contributed by atoms with Crippen LogP contribution >= 0.6 is 0 Å². The molecule has 0 unspecified atom stereocenters. The number of aromatic nitrogens is 1. The highest BCUT2D eigenvalue weighted by molar-refractivity contribution is 5.83. The summed E-state index contributed by atoms with van der Waals surface area (Å²) >= 11 is 0. The molecule has 0 saturated carbocycles. The molecule has 3 rings (SSSR count). The van der Waals surface area contributed by atoms with E-state index in [1.54, 1.807) is 6.07 Å². The van der Waals surface area contributed by atoms with E-state index >= 15 is 0 Å². The minimum Gasteiger partial charge on any atom is -0.381 e. The highest BCUT2D eigenvalue weighted by Crippen LogP contribution is 2.21. The van der Waals surface area contributed by atoms with Crippen LogP contribution in [0.2, 0.25) is 0 Å². The van der Waals surface area contributed by atoms with Gasteiger partial charge in [0.2, 0.25) is 0 Å². The normalized spacial score (nSPS) is 10.8. The monoisotopic (exact) mass is 254 g/mol. The fourth-order valence-corrected chi connectivity index (χ4v) is 2.25. The van der Waals surface area contributed by atoms with Crippen LogP contribution in [0.4, 0.5) is 10.1 Å². The van der Waals surface area contributed by atoms with Gasteiger partial charge < -0.3 is 10.3 Å². The summed E-state index contributed by atoms with van der Waals surface area (Å²) in [6, 6.07) is 13.0. The number of aromatic amines is 1. The first kappa shape index (κ1) is 11.8. The Balaban J connectivity index is 1.84. The van der Waals surface area contributed by atoms with E-state index in [0.717, 1.165) is 16.8 Å². The lowest BCUT2D eigenvalue weighted by molar-refractivity contribution is 0.628. The third kappa shape index (κ3) is 2.32. The minimum absolute atomic E-state index is 0.216. The van der Waals surface area contributed by atoms with Gasteiger partial charge in [0.15, 0.2) is 0 Å². The van der Waals surface area contributed by atoms with Crippen molar-refractivity contribution in [2.45, 2.75) is 13.5 Å². The fraction of sp³-hybridized carbons (Fsp3) is 0.125. The van der Waals surface area contributed by atoms with Crippen molar-refractivity contribution in [3.63, 3.8) is 0 Å². The van der Waals surface area contributed by atoms with Crippen molar-refractivity contribution >= 4 is 16.6 Å². The Morgan fingerprint density at radius 2 is 2.00 bits per heavy atom. The van der Waals surface area contributed by atoms with Crippen LogP contribution < -0.4 is 5.32 Å². The maximum Gasteiger partial charge on any atom is 0.125 e. The molecular formula is C16H15FN2. The molecule has 3 aromatic rings. The van der Waals surface area contributed by atoms with Gasteiger partial charge in [-0.25, -0.2) is 4.39 Å². The second kappa shape index (κ2) is 4.76. The predicted octanol–water partition coefficient (Wildman–Crippen LogP) is 4.23. The molecule has 1 heterocycles. The van der Waals surface area contributed by atoms with Crippen LogP contribution in [-0.4, -0.2) is 4.98 Å². The van der Waals surface area contributed by atoms with Crippen LogP contribution in [0.3, 0.4) is 0 Å². The van der Waals surface area contributed by atoms with Crippen LogP contribution in [0, 0.1) is 12.7 Å². The quantitative estimate of drug-likeness (QED) is 0.719. The number of halogens is 1. The maximum atomic E-state index is 13.2. The summed E-state index contributed by atoms with van der Waals surface area (Å²) in [7, 11) is 0. The molecule has 1 aromatic heterocycles. The number of nitrogens with one attached hydrogen (secondary N) is 2. The van der Waals surface area contributed by atoms with E-state index in [1.165, 1.54) is 23.1 Å². The first-order chi connectivity index (χ1) is 9.24. The first-order valence-electron chi connectivity index (χ1n) is 6.29. The van der Waals surface area contributed by atoms with E-state index in [2.05, 4.69) is 16.4 Å². The molecule has 0 amide bonds. The molecule has 0 aliphatic heterocycles. The lowest BCUT2D eigenvalue weighted by atomic mass is 10.1. The maximum absolute atomic E-state index is 13.2. The summed E-state index contributed by atoms with van der Waals surface area (Å²) in [6.45, 7) is 2.64.